The Kier molecular flexibility index (Phi) is 6.94. The Balaban J connectivity index is 1.74. The van der Waals surface area contributed by atoms with Crippen LogP contribution in [0.25, 0.3) is 17.1 Å². The number of hydrogen-bond donors (Lipinski definition) is 1. The minimum absolute atomic E-state index is 0.107. The minimum atomic E-state index is -0.736. The Bertz CT molecular complexity index is 1340. The van der Waals surface area contributed by atoms with E-state index in [0.717, 1.165) is 23.0 Å². The zero-order valence-electron chi connectivity index (χ0n) is 17.9. The number of hydrogen-bond acceptors (Lipinski definition) is 9. The van der Waals surface area contributed by atoms with E-state index in [1.807, 2.05) is 60.7 Å². The summed E-state index contributed by atoms with van der Waals surface area (Å²) in [5.74, 6) is -0.162. The number of carbonyl (C=O) groups is 1. The molecule has 1 aromatic heterocycles. The van der Waals surface area contributed by atoms with Crippen molar-refractivity contribution in [3.05, 3.63) is 95.0 Å². The number of aromatic nitrogens is 3. The van der Waals surface area contributed by atoms with Gasteiger partial charge >= 0.3 is 5.97 Å². The molecule has 0 saturated heterocycles. The highest BCUT2D eigenvalue weighted by Crippen LogP contribution is 2.29. The van der Waals surface area contributed by atoms with Crippen molar-refractivity contribution in [2.45, 2.75) is 5.16 Å². The first-order valence-corrected chi connectivity index (χ1v) is 10.8. The van der Waals surface area contributed by atoms with Crippen molar-refractivity contribution in [2.75, 3.05) is 12.5 Å². The third-order valence-electron chi connectivity index (χ3n) is 4.61. The molecular weight excluding hydrogens is 456 g/mol. The van der Waals surface area contributed by atoms with Crippen LogP contribution in [0.4, 0.5) is 11.4 Å². The molecule has 3 aromatic carbocycles. The molecule has 4 aromatic rings. The van der Waals surface area contributed by atoms with Crippen LogP contribution < -0.4 is 5.43 Å². The van der Waals surface area contributed by atoms with Crippen molar-refractivity contribution in [2.24, 2.45) is 5.10 Å². The Hall–Kier alpha value is -4.51. The number of methoxy groups -OCH3 is 1. The van der Waals surface area contributed by atoms with Crippen molar-refractivity contribution in [3.63, 3.8) is 0 Å². The van der Waals surface area contributed by atoms with Crippen molar-refractivity contribution in [1.82, 2.24) is 14.8 Å². The summed E-state index contributed by atoms with van der Waals surface area (Å²) >= 11 is 0.924. The topological polar surface area (TPSA) is 125 Å². The minimum Gasteiger partial charge on any atom is -0.464 e. The molecular formula is C23H18N6O4S. The number of para-hydroxylation sites is 3. The SMILES string of the molecule is COC(=O)C(=NNc1ccccc1[N+](=O)[O-])Sc1nnc(-c2ccccc2)n1-c1ccccc1. The van der Waals surface area contributed by atoms with Gasteiger partial charge in [-0.2, -0.15) is 5.10 Å². The van der Waals surface area contributed by atoms with Crippen LogP contribution in [0.5, 0.6) is 0 Å². The van der Waals surface area contributed by atoms with E-state index in [-0.39, 0.29) is 16.4 Å². The highest BCUT2D eigenvalue weighted by molar-refractivity contribution is 8.15. The number of hydrazone groups is 1. The van der Waals surface area contributed by atoms with E-state index >= 15 is 0 Å². The number of esters is 1. The summed E-state index contributed by atoms with van der Waals surface area (Å²) < 4.78 is 6.66. The monoisotopic (exact) mass is 474 g/mol. The second kappa shape index (κ2) is 10.4. The zero-order valence-corrected chi connectivity index (χ0v) is 18.7. The first-order valence-electron chi connectivity index (χ1n) is 9.98. The maximum absolute atomic E-state index is 12.5. The van der Waals surface area contributed by atoms with Gasteiger partial charge in [-0.1, -0.05) is 60.7 Å². The van der Waals surface area contributed by atoms with Gasteiger partial charge in [0, 0.05) is 17.3 Å². The number of ether oxygens (including phenoxy) is 1. The molecule has 34 heavy (non-hydrogen) atoms. The lowest BCUT2D eigenvalue weighted by Crippen LogP contribution is -2.15. The molecule has 0 aliphatic heterocycles. The van der Waals surface area contributed by atoms with Crippen molar-refractivity contribution in [1.29, 1.82) is 0 Å². The van der Waals surface area contributed by atoms with Crippen LogP contribution in [-0.4, -0.2) is 37.8 Å². The van der Waals surface area contributed by atoms with Gasteiger partial charge in [0.2, 0.25) is 10.2 Å². The summed E-state index contributed by atoms with van der Waals surface area (Å²) in [6.07, 6.45) is 0. The second-order valence-electron chi connectivity index (χ2n) is 6.74. The van der Waals surface area contributed by atoms with Crippen LogP contribution in [0.1, 0.15) is 0 Å². The Morgan fingerprint density at radius 3 is 2.32 bits per heavy atom. The largest absolute Gasteiger partial charge is 0.464 e. The average Bonchev–Trinajstić information content (AvgIpc) is 3.30. The van der Waals surface area contributed by atoms with E-state index in [2.05, 4.69) is 20.7 Å². The van der Waals surface area contributed by atoms with Crippen LogP contribution in [0.15, 0.2) is 95.2 Å². The maximum Gasteiger partial charge on any atom is 0.365 e. The molecule has 11 heteroatoms. The van der Waals surface area contributed by atoms with E-state index in [1.165, 1.54) is 25.3 Å². The molecule has 4 rings (SSSR count). The molecule has 0 aliphatic rings. The van der Waals surface area contributed by atoms with Gasteiger partial charge in [-0.25, -0.2) is 4.79 Å². The fourth-order valence-electron chi connectivity index (χ4n) is 3.04. The van der Waals surface area contributed by atoms with E-state index in [0.29, 0.717) is 11.0 Å². The van der Waals surface area contributed by atoms with Crippen LogP contribution in [0, 0.1) is 10.1 Å². The maximum atomic E-state index is 12.5. The van der Waals surface area contributed by atoms with E-state index < -0.39 is 10.9 Å². The van der Waals surface area contributed by atoms with Crippen LogP contribution in [-0.2, 0) is 9.53 Å². The first kappa shape index (κ1) is 22.7. The standard InChI is InChI=1S/C23H18N6O4S/c1-33-22(30)21(26-24-18-14-8-9-15-19(18)29(31)32)34-23-27-25-20(16-10-4-2-5-11-16)28(23)17-12-6-3-7-13-17/h2-15,24H,1H3. The van der Waals surface area contributed by atoms with E-state index in [1.54, 1.807) is 10.6 Å². The number of thioether (sulfide) groups is 1. The summed E-state index contributed by atoms with van der Waals surface area (Å²) in [5, 5.41) is 24.2. The molecule has 0 spiro atoms. The second-order valence-corrected chi connectivity index (χ2v) is 7.70. The highest BCUT2D eigenvalue weighted by Gasteiger charge is 2.23. The fourth-order valence-corrected chi connectivity index (χ4v) is 3.84. The van der Waals surface area contributed by atoms with Gasteiger partial charge in [0.15, 0.2) is 5.82 Å². The van der Waals surface area contributed by atoms with Gasteiger partial charge in [0.25, 0.3) is 5.69 Å². The molecule has 0 saturated carbocycles. The van der Waals surface area contributed by atoms with Crippen molar-refractivity contribution >= 4 is 34.1 Å². The summed E-state index contributed by atoms with van der Waals surface area (Å²) in [4.78, 5) is 23.2. The van der Waals surface area contributed by atoms with Gasteiger partial charge < -0.3 is 4.74 Å². The Morgan fingerprint density at radius 2 is 1.65 bits per heavy atom. The number of nitro groups is 1. The molecule has 1 N–H and O–H groups in total. The molecule has 0 unspecified atom stereocenters. The van der Waals surface area contributed by atoms with Crippen molar-refractivity contribution in [3.8, 4) is 17.1 Å². The van der Waals surface area contributed by atoms with Crippen molar-refractivity contribution < 1.29 is 14.5 Å². The normalized spacial score (nSPS) is 11.1. The summed E-state index contributed by atoms with van der Waals surface area (Å²) in [6.45, 7) is 0. The lowest BCUT2D eigenvalue weighted by molar-refractivity contribution is -0.384. The molecule has 0 bridgehead atoms. The number of benzene rings is 3. The summed E-state index contributed by atoms with van der Waals surface area (Å²) in [6, 6.07) is 24.9. The van der Waals surface area contributed by atoms with E-state index in [4.69, 9.17) is 4.74 Å². The van der Waals surface area contributed by atoms with E-state index in [9.17, 15) is 14.9 Å². The molecule has 10 nitrogen and oxygen atoms in total. The van der Waals surface area contributed by atoms with Crippen LogP contribution in [0.2, 0.25) is 0 Å². The quantitative estimate of drug-likeness (QED) is 0.108. The number of nitro benzene ring substituents is 1. The molecule has 170 valence electrons. The number of rotatable bonds is 6. The fraction of sp³-hybridized carbons (Fsp3) is 0.0435. The molecule has 0 aliphatic carbocycles. The average molecular weight is 475 g/mol. The third kappa shape index (κ3) is 4.94. The van der Waals surface area contributed by atoms with Gasteiger partial charge in [0.05, 0.1) is 12.0 Å². The third-order valence-corrected chi connectivity index (χ3v) is 5.50. The Labute approximate surface area is 198 Å². The summed E-state index contributed by atoms with van der Waals surface area (Å²) in [7, 11) is 1.22. The molecule has 0 atom stereocenters. The first-order chi connectivity index (χ1) is 16.6. The lowest BCUT2D eigenvalue weighted by Gasteiger charge is -2.11. The number of nitrogens with zero attached hydrogens (tertiary/aromatic N) is 5. The highest BCUT2D eigenvalue weighted by atomic mass is 32.2. The van der Waals surface area contributed by atoms with Gasteiger partial charge in [-0.05, 0) is 30.0 Å². The number of nitrogens with one attached hydrogen (secondary N) is 1. The van der Waals surface area contributed by atoms with Crippen LogP contribution in [0.3, 0.4) is 0 Å². The van der Waals surface area contributed by atoms with Gasteiger partial charge in [-0.3, -0.25) is 20.1 Å². The molecule has 0 fully saturated rings. The number of carbonyl (C=O) groups excluding carboxylic acids is 1. The molecule has 0 radical (unpaired) electrons. The lowest BCUT2D eigenvalue weighted by atomic mass is 10.2. The molecule has 0 amide bonds. The smallest absolute Gasteiger partial charge is 0.365 e. The predicted octanol–water partition coefficient (Wildman–Crippen LogP) is 4.53. The van der Waals surface area contributed by atoms with Crippen LogP contribution >= 0.6 is 11.8 Å². The number of anilines is 1. The van der Waals surface area contributed by atoms with Gasteiger partial charge in [-0.15, -0.1) is 10.2 Å². The summed E-state index contributed by atoms with van der Waals surface area (Å²) in [5.41, 5.74) is 4.16. The van der Waals surface area contributed by atoms with Gasteiger partial charge in [0.1, 0.15) is 5.69 Å². The predicted molar refractivity (Wildman–Crippen MR) is 129 cm³/mol. The Morgan fingerprint density at radius 1 is 1.00 bits per heavy atom. The molecule has 1 heterocycles. The zero-order chi connectivity index (χ0) is 23.9.